The molecule has 0 aliphatic carbocycles. The van der Waals surface area contributed by atoms with E-state index in [0.717, 1.165) is 10.5 Å². The number of hydrogen-bond donors (Lipinski definition) is 2. The number of ether oxygens (including phenoxy) is 2. The fraction of sp³-hybridized carbons (Fsp3) is 0.333. The lowest BCUT2D eigenvalue weighted by atomic mass is 10.1. The lowest BCUT2D eigenvalue weighted by molar-refractivity contribution is -0.907. The van der Waals surface area contributed by atoms with Gasteiger partial charge in [-0.2, -0.15) is 5.26 Å². The number of amides is 1. The molecule has 2 rings (SSSR count). The first-order valence-corrected chi connectivity index (χ1v) is 9.39. The van der Waals surface area contributed by atoms with Gasteiger partial charge in [-0.1, -0.05) is 11.6 Å². The SMILES string of the molecule is CCOc1ccc(C[NH+](C)[C@H](C)C(=O)Nc2ccc(C#N)c(Cl)c2)cc1OC. The Hall–Kier alpha value is -2.75. The van der Waals surface area contributed by atoms with Crippen molar-refractivity contribution in [2.45, 2.75) is 26.4 Å². The molecule has 0 fully saturated rings. The monoisotopic (exact) mass is 402 g/mol. The van der Waals surface area contributed by atoms with Crippen LogP contribution in [-0.4, -0.2) is 32.7 Å². The predicted molar refractivity (Wildman–Crippen MR) is 109 cm³/mol. The van der Waals surface area contributed by atoms with Gasteiger partial charge in [0.25, 0.3) is 5.91 Å². The number of carbonyl (C=O) groups excluding carboxylic acids is 1. The second kappa shape index (κ2) is 9.98. The highest BCUT2D eigenvalue weighted by Gasteiger charge is 2.22. The van der Waals surface area contributed by atoms with Crippen molar-refractivity contribution in [2.24, 2.45) is 0 Å². The molecule has 6 nitrogen and oxygen atoms in total. The van der Waals surface area contributed by atoms with Gasteiger partial charge in [0.1, 0.15) is 12.6 Å². The standard InChI is InChI=1S/C21H24ClN3O3/c1-5-28-19-9-6-15(10-20(19)27-4)13-25(3)14(2)21(26)24-17-8-7-16(12-23)18(22)11-17/h6-11,14H,5,13H2,1-4H3,(H,24,26)/p+1/t14-/m1/s1. The van der Waals surface area contributed by atoms with Gasteiger partial charge in [-0.3, -0.25) is 4.79 Å². The number of carbonyl (C=O) groups is 1. The third-order valence-electron chi connectivity index (χ3n) is 4.50. The first-order chi connectivity index (χ1) is 13.4. The lowest BCUT2D eigenvalue weighted by Gasteiger charge is -2.21. The van der Waals surface area contributed by atoms with Crippen LogP contribution in [0, 0.1) is 11.3 Å². The van der Waals surface area contributed by atoms with Crippen LogP contribution in [0.1, 0.15) is 25.0 Å². The van der Waals surface area contributed by atoms with Crippen LogP contribution in [0.3, 0.4) is 0 Å². The fourth-order valence-corrected chi connectivity index (χ4v) is 2.95. The quantitative estimate of drug-likeness (QED) is 0.711. The number of nitrogens with zero attached hydrogens (tertiary/aromatic N) is 1. The maximum Gasteiger partial charge on any atom is 0.282 e. The lowest BCUT2D eigenvalue weighted by Crippen LogP contribution is -3.12. The second-order valence-electron chi connectivity index (χ2n) is 6.46. The Morgan fingerprint density at radius 3 is 2.64 bits per heavy atom. The first kappa shape index (κ1) is 21.5. The Morgan fingerprint density at radius 2 is 2.04 bits per heavy atom. The van der Waals surface area contributed by atoms with E-state index in [1.165, 1.54) is 0 Å². The van der Waals surface area contributed by atoms with Crippen molar-refractivity contribution in [2.75, 3.05) is 26.1 Å². The molecule has 2 aromatic carbocycles. The summed E-state index contributed by atoms with van der Waals surface area (Å²) in [4.78, 5) is 13.6. The minimum Gasteiger partial charge on any atom is -0.493 e. The number of rotatable bonds is 8. The van der Waals surface area contributed by atoms with Crippen molar-refractivity contribution >= 4 is 23.2 Å². The number of methoxy groups -OCH3 is 1. The Kier molecular flexibility index (Phi) is 7.68. The van der Waals surface area contributed by atoms with Crippen molar-refractivity contribution in [3.8, 4) is 17.6 Å². The van der Waals surface area contributed by atoms with Crippen molar-refractivity contribution in [3.05, 3.63) is 52.5 Å². The summed E-state index contributed by atoms with van der Waals surface area (Å²) >= 11 is 6.03. The number of nitrogens with one attached hydrogen (secondary N) is 2. The second-order valence-corrected chi connectivity index (χ2v) is 6.87. The zero-order chi connectivity index (χ0) is 20.7. The van der Waals surface area contributed by atoms with E-state index >= 15 is 0 Å². The van der Waals surface area contributed by atoms with Crippen LogP contribution in [0.25, 0.3) is 0 Å². The first-order valence-electron chi connectivity index (χ1n) is 9.02. The van der Waals surface area contributed by atoms with Crippen molar-refractivity contribution in [1.82, 2.24) is 0 Å². The molecule has 0 radical (unpaired) electrons. The maximum atomic E-state index is 12.6. The van der Waals surface area contributed by atoms with Gasteiger partial charge < -0.3 is 19.7 Å². The topological polar surface area (TPSA) is 75.8 Å². The van der Waals surface area contributed by atoms with Crippen LogP contribution in [0.15, 0.2) is 36.4 Å². The summed E-state index contributed by atoms with van der Waals surface area (Å²) in [7, 11) is 3.57. The van der Waals surface area contributed by atoms with Gasteiger partial charge in [0.05, 0.1) is 31.4 Å². The molecule has 0 bridgehead atoms. The molecule has 0 saturated carbocycles. The van der Waals surface area contributed by atoms with E-state index in [4.69, 9.17) is 26.3 Å². The van der Waals surface area contributed by atoms with E-state index < -0.39 is 0 Å². The van der Waals surface area contributed by atoms with E-state index in [2.05, 4.69) is 5.32 Å². The molecule has 2 aromatic rings. The molecule has 7 heteroatoms. The Morgan fingerprint density at radius 1 is 1.29 bits per heavy atom. The van der Waals surface area contributed by atoms with Crippen LogP contribution in [0.4, 0.5) is 5.69 Å². The average molecular weight is 403 g/mol. The zero-order valence-corrected chi connectivity index (χ0v) is 17.3. The Bertz CT molecular complexity index is 880. The number of nitriles is 1. The largest absolute Gasteiger partial charge is 0.493 e. The molecule has 0 aromatic heterocycles. The van der Waals surface area contributed by atoms with E-state index in [1.54, 1.807) is 25.3 Å². The van der Waals surface area contributed by atoms with Crippen molar-refractivity contribution in [1.29, 1.82) is 5.26 Å². The Balaban J connectivity index is 2.03. The molecular weight excluding hydrogens is 378 g/mol. The van der Waals surface area contributed by atoms with Gasteiger partial charge in [0.15, 0.2) is 17.5 Å². The minimum atomic E-state index is -0.299. The molecule has 0 saturated heterocycles. The van der Waals surface area contributed by atoms with E-state index in [0.29, 0.717) is 40.9 Å². The van der Waals surface area contributed by atoms with Gasteiger partial charge in [0.2, 0.25) is 0 Å². The molecule has 2 atom stereocenters. The van der Waals surface area contributed by atoms with Crippen LogP contribution in [0.5, 0.6) is 11.5 Å². The van der Waals surface area contributed by atoms with Crippen molar-refractivity contribution in [3.63, 3.8) is 0 Å². The number of benzene rings is 2. The van der Waals surface area contributed by atoms with Gasteiger partial charge in [-0.25, -0.2) is 0 Å². The van der Waals surface area contributed by atoms with Gasteiger partial charge in [0, 0.05) is 11.3 Å². The number of quaternary nitrogens is 1. The van der Waals surface area contributed by atoms with Crippen molar-refractivity contribution < 1.29 is 19.2 Å². The highest BCUT2D eigenvalue weighted by molar-refractivity contribution is 6.32. The highest BCUT2D eigenvalue weighted by atomic mass is 35.5. The summed E-state index contributed by atoms with van der Waals surface area (Å²) in [5.41, 5.74) is 1.98. The molecule has 1 unspecified atom stereocenters. The maximum absolute atomic E-state index is 12.6. The summed E-state index contributed by atoms with van der Waals surface area (Å²) in [5, 5.41) is 12.1. The van der Waals surface area contributed by atoms with Crippen LogP contribution >= 0.6 is 11.6 Å². The molecule has 0 spiro atoms. The molecular formula is C21H25ClN3O3+. The highest BCUT2D eigenvalue weighted by Crippen LogP contribution is 2.27. The molecule has 0 aliphatic heterocycles. The zero-order valence-electron chi connectivity index (χ0n) is 16.5. The smallest absolute Gasteiger partial charge is 0.282 e. The third kappa shape index (κ3) is 5.38. The molecule has 28 heavy (non-hydrogen) atoms. The van der Waals surface area contributed by atoms with Gasteiger partial charge in [-0.15, -0.1) is 0 Å². The summed E-state index contributed by atoms with van der Waals surface area (Å²) < 4.78 is 10.9. The summed E-state index contributed by atoms with van der Waals surface area (Å²) in [6.45, 7) is 5.00. The third-order valence-corrected chi connectivity index (χ3v) is 4.81. The van der Waals surface area contributed by atoms with Crippen LogP contribution in [0.2, 0.25) is 5.02 Å². The fourth-order valence-electron chi connectivity index (χ4n) is 2.73. The predicted octanol–water partition coefficient (Wildman–Crippen LogP) is 2.66. The van der Waals surface area contributed by atoms with E-state index in [1.807, 2.05) is 45.2 Å². The van der Waals surface area contributed by atoms with Gasteiger partial charge >= 0.3 is 0 Å². The minimum absolute atomic E-state index is 0.129. The molecule has 0 aliphatic rings. The number of likely N-dealkylation sites (N-methyl/N-ethyl adjacent to an activating group) is 1. The normalized spacial score (nSPS) is 12.6. The van der Waals surface area contributed by atoms with E-state index in [-0.39, 0.29) is 11.9 Å². The average Bonchev–Trinajstić information content (AvgIpc) is 2.68. The molecule has 0 heterocycles. The number of halogens is 1. The number of anilines is 1. The summed E-state index contributed by atoms with van der Waals surface area (Å²) in [5.74, 6) is 1.25. The number of hydrogen-bond acceptors (Lipinski definition) is 4. The van der Waals surface area contributed by atoms with Gasteiger partial charge in [-0.05, 0) is 50.2 Å². The summed E-state index contributed by atoms with van der Waals surface area (Å²) in [6, 6.07) is 12.3. The molecule has 148 valence electrons. The van der Waals surface area contributed by atoms with Crippen LogP contribution < -0.4 is 19.7 Å². The molecule has 2 N–H and O–H groups in total. The Labute approximate surface area is 170 Å². The summed E-state index contributed by atoms with van der Waals surface area (Å²) in [6.07, 6.45) is 0. The van der Waals surface area contributed by atoms with E-state index in [9.17, 15) is 4.79 Å². The molecule has 1 amide bonds. The van der Waals surface area contributed by atoms with Crippen LogP contribution in [-0.2, 0) is 11.3 Å².